The molecule has 0 fully saturated rings. The summed E-state index contributed by atoms with van der Waals surface area (Å²) in [6.45, 7) is 8.93. The van der Waals surface area contributed by atoms with Crippen molar-refractivity contribution in [3.8, 4) is 0 Å². The Hall–Kier alpha value is -4.02. The first-order valence-electron chi connectivity index (χ1n) is 8.60. The lowest BCUT2D eigenvalue weighted by Crippen LogP contribution is -2.28. The van der Waals surface area contributed by atoms with Gasteiger partial charge in [-0.2, -0.15) is 0 Å². The van der Waals surface area contributed by atoms with Gasteiger partial charge in [0, 0.05) is 23.6 Å². The summed E-state index contributed by atoms with van der Waals surface area (Å²) in [5, 5.41) is 26.5. The molecule has 0 saturated heterocycles. The molecule has 1 atom stereocenters. The van der Waals surface area contributed by atoms with Gasteiger partial charge in [-0.1, -0.05) is 13.2 Å². The minimum atomic E-state index is -1.66. The third-order valence-electron chi connectivity index (χ3n) is 3.48. The van der Waals surface area contributed by atoms with Crippen LogP contribution in [0, 0.1) is 0 Å². The summed E-state index contributed by atoms with van der Waals surface area (Å²) in [4.78, 5) is 66.9. The number of carboxylic acid groups (broad SMARTS) is 3. The average Bonchev–Trinajstić information content (AvgIpc) is 2.81. The predicted molar refractivity (Wildman–Crippen MR) is 104 cm³/mol. The van der Waals surface area contributed by atoms with Crippen molar-refractivity contribution in [3.05, 3.63) is 47.6 Å². The molecule has 1 unspecified atom stereocenters. The fourth-order valence-corrected chi connectivity index (χ4v) is 1.98. The smallest absolute Gasteiger partial charge is 0.335 e. The fourth-order valence-electron chi connectivity index (χ4n) is 1.98. The van der Waals surface area contributed by atoms with Crippen LogP contribution in [0.2, 0.25) is 0 Å². The molecule has 1 aliphatic heterocycles. The second-order valence-electron chi connectivity index (χ2n) is 6.18. The second kappa shape index (κ2) is 12.5. The lowest BCUT2D eigenvalue weighted by molar-refractivity contribution is -0.145. The molecule has 11 nitrogen and oxygen atoms in total. The van der Waals surface area contributed by atoms with E-state index in [4.69, 9.17) is 14.6 Å². The highest BCUT2D eigenvalue weighted by atomic mass is 16.5. The van der Waals surface area contributed by atoms with Crippen molar-refractivity contribution in [1.82, 2.24) is 0 Å². The van der Waals surface area contributed by atoms with Gasteiger partial charge in [-0.05, 0) is 19.9 Å². The fraction of sp³-hybridized carbons (Fsp3) is 0.300. The Bertz CT molecular complexity index is 842. The Morgan fingerprint density at radius 2 is 1.55 bits per heavy atom. The largest absolute Gasteiger partial charge is 0.478 e. The molecule has 11 heteroatoms. The number of allylic oxidation sites excluding steroid dienone is 1. The van der Waals surface area contributed by atoms with E-state index in [9.17, 15) is 39.0 Å². The van der Waals surface area contributed by atoms with Crippen LogP contribution in [0.4, 0.5) is 0 Å². The van der Waals surface area contributed by atoms with Crippen LogP contribution in [0.1, 0.15) is 26.7 Å². The predicted octanol–water partition coefficient (Wildman–Crippen LogP) is 1.05. The molecular weight excluding hydrogens is 416 g/mol. The highest BCUT2D eigenvalue weighted by molar-refractivity contribution is 6.03. The number of carbonyl (C=O) groups excluding carboxylic acids is 3. The van der Waals surface area contributed by atoms with Gasteiger partial charge >= 0.3 is 29.8 Å². The number of cyclic esters (lactones) is 1. The molecule has 1 rings (SSSR count). The van der Waals surface area contributed by atoms with Crippen LogP contribution >= 0.6 is 0 Å². The van der Waals surface area contributed by atoms with Gasteiger partial charge in [0.2, 0.25) is 0 Å². The van der Waals surface area contributed by atoms with Crippen LogP contribution in [0.3, 0.4) is 0 Å². The first-order chi connectivity index (χ1) is 14.3. The number of carbonyl (C=O) groups is 6. The summed E-state index contributed by atoms with van der Waals surface area (Å²) in [5.74, 6) is -6.50. The van der Waals surface area contributed by atoms with E-state index >= 15 is 0 Å². The number of hydrogen-bond acceptors (Lipinski definition) is 8. The van der Waals surface area contributed by atoms with E-state index in [0.717, 1.165) is 12.2 Å². The van der Waals surface area contributed by atoms with E-state index in [2.05, 4.69) is 13.2 Å². The van der Waals surface area contributed by atoms with Crippen LogP contribution in [-0.4, -0.2) is 63.7 Å². The van der Waals surface area contributed by atoms with Gasteiger partial charge in [-0.25, -0.2) is 24.0 Å². The van der Waals surface area contributed by atoms with Gasteiger partial charge in [0.1, 0.15) is 6.10 Å². The molecule has 0 amide bonds. The lowest BCUT2D eigenvalue weighted by atomic mass is 9.97. The number of aliphatic carboxylic acids is 3. The van der Waals surface area contributed by atoms with Crippen LogP contribution in [0.25, 0.3) is 0 Å². The number of rotatable bonds is 8. The normalized spacial score (nSPS) is 15.9. The van der Waals surface area contributed by atoms with Crippen molar-refractivity contribution in [2.24, 2.45) is 0 Å². The first-order valence-corrected chi connectivity index (χ1v) is 8.60. The summed E-state index contributed by atoms with van der Waals surface area (Å²) < 4.78 is 9.58. The second-order valence-corrected chi connectivity index (χ2v) is 6.18. The number of esters is 2. The van der Waals surface area contributed by atoms with E-state index in [-0.39, 0.29) is 11.1 Å². The van der Waals surface area contributed by atoms with Crippen molar-refractivity contribution in [2.45, 2.75) is 32.8 Å². The molecule has 1 aliphatic rings. The summed E-state index contributed by atoms with van der Waals surface area (Å²) in [6, 6.07) is 0. The summed E-state index contributed by atoms with van der Waals surface area (Å²) >= 11 is 0. The van der Waals surface area contributed by atoms with Crippen molar-refractivity contribution < 1.29 is 53.6 Å². The van der Waals surface area contributed by atoms with Gasteiger partial charge < -0.3 is 24.8 Å². The molecular formula is C20H22O11. The van der Waals surface area contributed by atoms with E-state index in [0.29, 0.717) is 0 Å². The minimum absolute atomic E-state index is 0.0914. The number of hydrogen-bond donors (Lipinski definition) is 3. The van der Waals surface area contributed by atoms with E-state index in [1.807, 2.05) is 0 Å². The molecule has 31 heavy (non-hydrogen) atoms. The quantitative estimate of drug-likeness (QED) is 0.364. The van der Waals surface area contributed by atoms with Gasteiger partial charge in [-0.15, -0.1) is 0 Å². The Morgan fingerprint density at radius 1 is 1.00 bits per heavy atom. The molecule has 3 N–H and O–H groups in total. The number of ketones is 1. The first kappa shape index (κ1) is 27.0. The van der Waals surface area contributed by atoms with E-state index < -0.39 is 72.3 Å². The monoisotopic (exact) mass is 438 g/mol. The third-order valence-corrected chi connectivity index (χ3v) is 3.48. The van der Waals surface area contributed by atoms with Crippen LogP contribution in [0.15, 0.2) is 47.6 Å². The van der Waals surface area contributed by atoms with Crippen molar-refractivity contribution in [1.29, 1.82) is 0 Å². The molecule has 0 aromatic carbocycles. The topological polar surface area (TPSA) is 182 Å². The Labute approximate surface area is 176 Å². The van der Waals surface area contributed by atoms with Gasteiger partial charge in [0.05, 0.1) is 24.2 Å². The molecule has 0 aromatic heterocycles. The maximum atomic E-state index is 11.6. The van der Waals surface area contributed by atoms with Crippen molar-refractivity contribution >= 4 is 35.6 Å². The molecule has 0 aliphatic carbocycles. The summed E-state index contributed by atoms with van der Waals surface area (Å²) in [6.07, 6.45) is -0.763. The van der Waals surface area contributed by atoms with Crippen LogP contribution in [0.5, 0.6) is 0 Å². The van der Waals surface area contributed by atoms with Crippen LogP contribution in [-0.2, 0) is 38.2 Å². The maximum absolute atomic E-state index is 11.6. The molecule has 0 bridgehead atoms. The Balaban J connectivity index is 0.00000131. The Kier molecular flexibility index (Phi) is 10.9. The highest BCUT2D eigenvalue weighted by Gasteiger charge is 2.33. The summed E-state index contributed by atoms with van der Waals surface area (Å²) in [5.41, 5.74) is -1.11. The molecule has 168 valence electrons. The van der Waals surface area contributed by atoms with Crippen LogP contribution < -0.4 is 0 Å². The van der Waals surface area contributed by atoms with Gasteiger partial charge in [0.15, 0.2) is 5.78 Å². The van der Waals surface area contributed by atoms with Gasteiger partial charge in [-0.3, -0.25) is 4.79 Å². The number of ether oxygens (including phenoxy) is 2. The molecule has 0 saturated carbocycles. The zero-order chi connectivity index (χ0) is 24.3. The standard InChI is InChI=1S/C16H16O9.C4H6O2/c1-8(2)16(23)24-6-5-10(14(19)20)13(15(21)22)11-7-9(17)3-4-12(18)25-11;1-3(2)4(5)6/h3-4,11H,1,5-7H2,2H3,(H,19,20)(H,21,22);1H2,2H3,(H,5,6)/b13-10-;. The molecule has 0 radical (unpaired) electrons. The SMILES string of the molecule is C=C(C)C(=O)O.C=C(C)C(=O)OCC/C(C(=O)O)=C(/C(=O)O)C1CC(=O)C=CC(=O)O1. The highest BCUT2D eigenvalue weighted by Crippen LogP contribution is 2.22. The van der Waals surface area contributed by atoms with Crippen molar-refractivity contribution in [3.63, 3.8) is 0 Å². The van der Waals surface area contributed by atoms with Crippen molar-refractivity contribution in [2.75, 3.05) is 6.61 Å². The van der Waals surface area contributed by atoms with E-state index in [1.54, 1.807) is 0 Å². The Morgan fingerprint density at radius 3 is 1.97 bits per heavy atom. The maximum Gasteiger partial charge on any atom is 0.335 e. The zero-order valence-electron chi connectivity index (χ0n) is 16.9. The van der Waals surface area contributed by atoms with E-state index in [1.165, 1.54) is 13.8 Å². The number of carboxylic acids is 3. The molecule has 1 heterocycles. The molecule has 0 spiro atoms. The minimum Gasteiger partial charge on any atom is -0.478 e. The molecule has 0 aromatic rings. The zero-order valence-corrected chi connectivity index (χ0v) is 16.9. The van der Waals surface area contributed by atoms with Gasteiger partial charge in [0.25, 0.3) is 0 Å². The average molecular weight is 438 g/mol. The third kappa shape index (κ3) is 9.83. The summed E-state index contributed by atoms with van der Waals surface area (Å²) in [7, 11) is 0. The lowest BCUT2D eigenvalue weighted by Gasteiger charge is -2.18.